The topological polar surface area (TPSA) is 81.8 Å². The van der Waals surface area contributed by atoms with Gasteiger partial charge in [-0.1, -0.05) is 37.6 Å². The second-order valence-electron chi connectivity index (χ2n) is 8.50. The standard InChI is InChI=1S/C25H27N5O2/c1-15(2)23-21-13-26-30(20-11-8-17(4)18(5)12-20)24(21)25(32)29(28-23)14-22(31)27-19-9-6-16(3)7-10-19/h6-13,15H,14H2,1-5H3,(H,27,31). The van der Waals surface area contributed by atoms with Crippen LogP contribution in [0.25, 0.3) is 16.6 Å². The van der Waals surface area contributed by atoms with Crippen LogP contribution in [0.5, 0.6) is 0 Å². The van der Waals surface area contributed by atoms with Gasteiger partial charge in [0, 0.05) is 11.1 Å². The van der Waals surface area contributed by atoms with Gasteiger partial charge in [0.05, 0.1) is 17.6 Å². The van der Waals surface area contributed by atoms with Crippen LogP contribution in [0.1, 0.15) is 42.1 Å². The van der Waals surface area contributed by atoms with Crippen LogP contribution < -0.4 is 10.9 Å². The number of anilines is 1. The maximum atomic E-state index is 13.4. The Labute approximate surface area is 186 Å². The first-order valence-corrected chi connectivity index (χ1v) is 10.7. The number of aryl methyl sites for hydroxylation is 3. The molecule has 0 saturated heterocycles. The zero-order valence-electron chi connectivity index (χ0n) is 19.0. The number of rotatable bonds is 5. The summed E-state index contributed by atoms with van der Waals surface area (Å²) in [6.07, 6.45) is 1.69. The molecule has 1 amide bonds. The van der Waals surface area contributed by atoms with E-state index in [9.17, 15) is 9.59 Å². The number of nitrogens with one attached hydrogen (secondary N) is 1. The molecule has 0 aliphatic rings. The van der Waals surface area contributed by atoms with Gasteiger partial charge in [0.25, 0.3) is 5.56 Å². The molecule has 7 heteroatoms. The number of benzene rings is 2. The van der Waals surface area contributed by atoms with Crippen molar-refractivity contribution in [1.29, 1.82) is 0 Å². The Kier molecular flexibility index (Phi) is 5.65. The summed E-state index contributed by atoms with van der Waals surface area (Å²) in [7, 11) is 0. The summed E-state index contributed by atoms with van der Waals surface area (Å²) in [6, 6.07) is 13.5. The average molecular weight is 430 g/mol. The molecule has 7 nitrogen and oxygen atoms in total. The molecule has 0 radical (unpaired) electrons. The fraction of sp³-hybridized carbons (Fsp3) is 0.280. The highest BCUT2D eigenvalue weighted by Crippen LogP contribution is 2.24. The van der Waals surface area contributed by atoms with Crippen LogP contribution in [0.4, 0.5) is 5.69 Å². The Hall–Kier alpha value is -3.74. The molecule has 0 unspecified atom stereocenters. The molecule has 0 fully saturated rings. The zero-order chi connectivity index (χ0) is 23.0. The Bertz CT molecular complexity index is 1360. The Morgan fingerprint density at radius 2 is 1.75 bits per heavy atom. The Morgan fingerprint density at radius 3 is 2.41 bits per heavy atom. The fourth-order valence-electron chi connectivity index (χ4n) is 3.65. The molecule has 1 N–H and O–H groups in total. The number of fused-ring (bicyclic) bond motifs is 1. The zero-order valence-corrected chi connectivity index (χ0v) is 19.0. The number of hydrogen-bond donors (Lipinski definition) is 1. The van der Waals surface area contributed by atoms with E-state index in [1.165, 1.54) is 10.2 Å². The lowest BCUT2D eigenvalue weighted by Gasteiger charge is -2.13. The van der Waals surface area contributed by atoms with Gasteiger partial charge >= 0.3 is 0 Å². The van der Waals surface area contributed by atoms with Crippen molar-refractivity contribution < 1.29 is 4.79 Å². The fourth-order valence-corrected chi connectivity index (χ4v) is 3.65. The van der Waals surface area contributed by atoms with Gasteiger partial charge in [-0.2, -0.15) is 10.2 Å². The Balaban J connectivity index is 1.78. The van der Waals surface area contributed by atoms with E-state index in [1.54, 1.807) is 10.9 Å². The molecule has 164 valence electrons. The molecule has 0 aliphatic carbocycles. The van der Waals surface area contributed by atoms with Gasteiger partial charge in [0.1, 0.15) is 12.1 Å². The van der Waals surface area contributed by atoms with Crippen molar-refractivity contribution in [1.82, 2.24) is 19.6 Å². The van der Waals surface area contributed by atoms with Crippen molar-refractivity contribution in [3.8, 4) is 5.69 Å². The number of carbonyl (C=O) groups excluding carboxylic acids is 1. The van der Waals surface area contributed by atoms with E-state index in [0.717, 1.165) is 22.5 Å². The summed E-state index contributed by atoms with van der Waals surface area (Å²) < 4.78 is 2.88. The first-order valence-electron chi connectivity index (χ1n) is 10.7. The van der Waals surface area contributed by atoms with Crippen molar-refractivity contribution in [2.24, 2.45) is 0 Å². The predicted molar refractivity (Wildman–Crippen MR) is 126 cm³/mol. The van der Waals surface area contributed by atoms with E-state index in [0.29, 0.717) is 16.6 Å². The van der Waals surface area contributed by atoms with Crippen LogP contribution in [0, 0.1) is 20.8 Å². The maximum absolute atomic E-state index is 13.4. The van der Waals surface area contributed by atoms with Crippen LogP contribution >= 0.6 is 0 Å². The van der Waals surface area contributed by atoms with Crippen LogP contribution in [-0.4, -0.2) is 25.5 Å². The molecule has 0 atom stereocenters. The molecule has 4 aromatic rings. The van der Waals surface area contributed by atoms with Gasteiger partial charge in [-0.3, -0.25) is 9.59 Å². The molecule has 4 rings (SSSR count). The van der Waals surface area contributed by atoms with Gasteiger partial charge in [-0.05, 0) is 62.1 Å². The molecule has 2 heterocycles. The number of amides is 1. The highest BCUT2D eigenvalue weighted by molar-refractivity contribution is 5.90. The number of carbonyl (C=O) groups is 1. The van der Waals surface area contributed by atoms with Crippen LogP contribution in [0.3, 0.4) is 0 Å². The lowest BCUT2D eigenvalue weighted by atomic mass is 10.1. The third-order valence-corrected chi connectivity index (χ3v) is 5.62. The largest absolute Gasteiger partial charge is 0.324 e. The molecular formula is C25H27N5O2. The molecule has 2 aromatic carbocycles. The van der Waals surface area contributed by atoms with E-state index in [2.05, 4.69) is 15.5 Å². The van der Waals surface area contributed by atoms with Crippen LogP contribution in [-0.2, 0) is 11.3 Å². The predicted octanol–water partition coefficient (Wildman–Crippen LogP) is 4.27. The molecule has 32 heavy (non-hydrogen) atoms. The number of aromatic nitrogens is 4. The van der Waals surface area contributed by atoms with Crippen molar-refractivity contribution in [2.45, 2.75) is 47.1 Å². The first-order chi connectivity index (χ1) is 15.2. The molecular weight excluding hydrogens is 402 g/mol. The second-order valence-corrected chi connectivity index (χ2v) is 8.50. The molecule has 0 aliphatic heterocycles. The highest BCUT2D eigenvalue weighted by atomic mass is 16.2. The van der Waals surface area contributed by atoms with Gasteiger partial charge in [-0.15, -0.1) is 0 Å². The summed E-state index contributed by atoms with van der Waals surface area (Å²) in [6.45, 7) is 9.89. The van der Waals surface area contributed by atoms with E-state index in [-0.39, 0.29) is 23.9 Å². The normalized spacial score (nSPS) is 11.3. The number of hydrogen-bond acceptors (Lipinski definition) is 4. The van der Waals surface area contributed by atoms with Gasteiger partial charge in [0.15, 0.2) is 0 Å². The van der Waals surface area contributed by atoms with Gasteiger partial charge in [-0.25, -0.2) is 9.36 Å². The van der Waals surface area contributed by atoms with Gasteiger partial charge < -0.3 is 5.32 Å². The Morgan fingerprint density at radius 1 is 1.03 bits per heavy atom. The van der Waals surface area contributed by atoms with Crippen molar-refractivity contribution in [3.05, 3.63) is 81.4 Å². The minimum Gasteiger partial charge on any atom is -0.324 e. The quantitative estimate of drug-likeness (QED) is 0.514. The minimum absolute atomic E-state index is 0.0573. The van der Waals surface area contributed by atoms with E-state index >= 15 is 0 Å². The van der Waals surface area contributed by atoms with Crippen molar-refractivity contribution >= 4 is 22.5 Å². The molecule has 2 aromatic heterocycles. The minimum atomic E-state index is -0.348. The lowest BCUT2D eigenvalue weighted by molar-refractivity contribution is -0.117. The molecule has 0 bridgehead atoms. The highest BCUT2D eigenvalue weighted by Gasteiger charge is 2.20. The van der Waals surface area contributed by atoms with Crippen molar-refractivity contribution in [2.75, 3.05) is 5.32 Å². The number of nitrogens with zero attached hydrogens (tertiary/aromatic N) is 4. The second kappa shape index (κ2) is 8.42. The summed E-state index contributed by atoms with van der Waals surface area (Å²) in [5.41, 5.74) is 5.68. The monoisotopic (exact) mass is 429 g/mol. The van der Waals surface area contributed by atoms with Gasteiger partial charge in [0.2, 0.25) is 5.91 Å². The van der Waals surface area contributed by atoms with Crippen LogP contribution in [0.2, 0.25) is 0 Å². The summed E-state index contributed by atoms with van der Waals surface area (Å²) >= 11 is 0. The molecule has 0 spiro atoms. The molecule has 0 saturated carbocycles. The lowest BCUT2D eigenvalue weighted by Crippen LogP contribution is -2.31. The smallest absolute Gasteiger partial charge is 0.293 e. The van der Waals surface area contributed by atoms with E-state index < -0.39 is 0 Å². The third-order valence-electron chi connectivity index (χ3n) is 5.62. The first kappa shape index (κ1) is 21.5. The summed E-state index contributed by atoms with van der Waals surface area (Å²) in [4.78, 5) is 26.1. The van der Waals surface area contributed by atoms with Crippen LogP contribution in [0.15, 0.2) is 53.5 Å². The maximum Gasteiger partial charge on any atom is 0.293 e. The SMILES string of the molecule is Cc1ccc(NC(=O)Cn2nc(C(C)C)c3cnn(-c4ccc(C)c(C)c4)c3c2=O)cc1. The van der Waals surface area contributed by atoms with E-state index in [1.807, 2.05) is 77.1 Å². The van der Waals surface area contributed by atoms with E-state index in [4.69, 9.17) is 0 Å². The average Bonchev–Trinajstić information content (AvgIpc) is 3.19. The third kappa shape index (κ3) is 4.06. The van der Waals surface area contributed by atoms with Crippen molar-refractivity contribution in [3.63, 3.8) is 0 Å². The summed E-state index contributed by atoms with van der Waals surface area (Å²) in [5.74, 6) is -0.253. The summed E-state index contributed by atoms with van der Waals surface area (Å²) in [5, 5.41) is 12.6.